The minimum atomic E-state index is -5.99. The first-order chi connectivity index (χ1) is 20.9. The van der Waals surface area contributed by atoms with Crippen molar-refractivity contribution in [2.24, 2.45) is 11.3 Å². The Labute approximate surface area is 257 Å². The summed E-state index contributed by atoms with van der Waals surface area (Å²) in [5, 5.41) is 12.7. The van der Waals surface area contributed by atoms with Gasteiger partial charge in [0.15, 0.2) is 5.76 Å². The van der Waals surface area contributed by atoms with Crippen LogP contribution in [0.1, 0.15) is 64.5 Å². The number of aryl methyl sites for hydroxylation is 1. The Hall–Kier alpha value is -3.42. The highest BCUT2D eigenvalue weighted by Crippen LogP contribution is 2.51. The molecule has 0 bridgehead atoms. The summed E-state index contributed by atoms with van der Waals surface area (Å²) in [5.41, 5.74) is -8.22. The van der Waals surface area contributed by atoms with Gasteiger partial charge in [0.1, 0.15) is 30.3 Å². The Morgan fingerprint density at radius 2 is 1.71 bits per heavy atom. The molecule has 0 spiro atoms. The van der Waals surface area contributed by atoms with Crippen LogP contribution in [0.4, 0.5) is 31.1 Å². The van der Waals surface area contributed by atoms with Crippen molar-refractivity contribution in [2.45, 2.75) is 83.3 Å². The van der Waals surface area contributed by atoms with Crippen molar-refractivity contribution >= 4 is 11.9 Å². The zero-order chi connectivity index (χ0) is 33.4. The number of carbonyl (C=O) groups is 2. The highest BCUT2D eigenvalue weighted by atomic mass is 19.4. The van der Waals surface area contributed by atoms with Crippen molar-refractivity contribution in [2.75, 3.05) is 26.4 Å². The Morgan fingerprint density at radius 3 is 2.33 bits per heavy atom. The quantitative estimate of drug-likeness (QED) is 0.176. The third-order valence-electron chi connectivity index (χ3n) is 8.50. The van der Waals surface area contributed by atoms with Crippen molar-refractivity contribution in [1.29, 1.82) is 0 Å². The first-order valence-corrected chi connectivity index (χ1v) is 14.8. The lowest BCUT2D eigenvalue weighted by atomic mass is 9.64. The molecule has 0 aromatic heterocycles. The van der Waals surface area contributed by atoms with Crippen molar-refractivity contribution in [3.05, 3.63) is 53.0 Å². The van der Waals surface area contributed by atoms with Crippen LogP contribution in [-0.2, 0) is 26.3 Å². The third kappa shape index (κ3) is 6.22. The smallest absolute Gasteiger partial charge is 0.430 e. The molecular formula is C31H38F6N2O6. The Morgan fingerprint density at radius 1 is 1.04 bits per heavy atom. The minimum Gasteiger partial charge on any atom is -0.493 e. The van der Waals surface area contributed by atoms with E-state index in [4.69, 9.17) is 14.2 Å². The number of rotatable bonds is 10. The van der Waals surface area contributed by atoms with Crippen LogP contribution in [-0.4, -0.2) is 66.2 Å². The first-order valence-electron chi connectivity index (χ1n) is 14.8. The summed E-state index contributed by atoms with van der Waals surface area (Å²) in [4.78, 5) is 28.2. The summed E-state index contributed by atoms with van der Waals surface area (Å²) in [6.07, 6.45) is -6.83. The number of nitrogens with one attached hydrogen (secondary N) is 1. The highest BCUT2D eigenvalue weighted by molar-refractivity contribution is 6.08. The first kappa shape index (κ1) is 34.5. The molecule has 2 unspecified atom stereocenters. The fourth-order valence-electron chi connectivity index (χ4n) is 6.10. The topological polar surface area (TPSA) is 97.3 Å². The summed E-state index contributed by atoms with van der Waals surface area (Å²) >= 11 is 0. The number of unbranched alkanes of at least 4 members (excludes halogenated alkanes) is 1. The average Bonchev–Trinajstić information content (AvgIpc) is 3.21. The van der Waals surface area contributed by atoms with Crippen LogP contribution in [0.3, 0.4) is 0 Å². The van der Waals surface area contributed by atoms with E-state index in [0.717, 1.165) is 11.0 Å². The predicted octanol–water partition coefficient (Wildman–Crippen LogP) is 6.28. The number of carbonyl (C=O) groups excluding carboxylic acids is 2. The summed E-state index contributed by atoms with van der Waals surface area (Å²) in [5.74, 6) is 0.560. The number of benzene rings is 1. The van der Waals surface area contributed by atoms with E-state index in [0.29, 0.717) is 62.5 Å². The molecule has 8 nitrogen and oxygen atoms in total. The van der Waals surface area contributed by atoms with Crippen molar-refractivity contribution < 1.29 is 55.2 Å². The number of imide groups is 1. The maximum Gasteiger partial charge on any atom is 0.430 e. The number of hydrogen-bond donors (Lipinski definition) is 2. The van der Waals surface area contributed by atoms with Gasteiger partial charge in [0.25, 0.3) is 11.5 Å². The normalized spacial score (nSPS) is 22.6. The fraction of sp³-hybridized carbons (Fsp3) is 0.613. The van der Waals surface area contributed by atoms with Gasteiger partial charge in [0.05, 0.1) is 6.61 Å². The van der Waals surface area contributed by atoms with Crippen molar-refractivity contribution in [1.82, 2.24) is 10.2 Å². The van der Waals surface area contributed by atoms with E-state index in [1.165, 1.54) is 0 Å². The number of hydrogen-bond acceptors (Lipinski definition) is 6. The van der Waals surface area contributed by atoms with Crippen LogP contribution in [0, 0.1) is 11.3 Å². The summed E-state index contributed by atoms with van der Waals surface area (Å²) < 4.78 is 97.4. The van der Waals surface area contributed by atoms with E-state index in [1.807, 2.05) is 26.8 Å². The third-order valence-corrected chi connectivity index (χ3v) is 8.50. The Bertz CT molecular complexity index is 1340. The number of amides is 3. The van der Waals surface area contributed by atoms with Gasteiger partial charge in [0.2, 0.25) is 0 Å². The molecule has 2 atom stereocenters. The lowest BCUT2D eigenvalue weighted by molar-refractivity contribution is -0.376. The molecular weight excluding hydrogens is 610 g/mol. The van der Waals surface area contributed by atoms with Gasteiger partial charge < -0.3 is 24.6 Å². The average molecular weight is 649 g/mol. The zero-order valence-electron chi connectivity index (χ0n) is 25.5. The number of halogens is 6. The second-order valence-electron chi connectivity index (χ2n) is 12.4. The molecule has 1 aliphatic carbocycles. The van der Waals surface area contributed by atoms with Crippen LogP contribution in [0.25, 0.3) is 0 Å². The van der Waals surface area contributed by atoms with Gasteiger partial charge in [-0.1, -0.05) is 46.3 Å². The van der Waals surface area contributed by atoms with Crippen LogP contribution >= 0.6 is 0 Å². The van der Waals surface area contributed by atoms with Crippen LogP contribution in [0.15, 0.2) is 41.9 Å². The lowest BCUT2D eigenvalue weighted by Gasteiger charge is -2.45. The Balaban J connectivity index is 1.41. The number of urea groups is 1. The summed E-state index contributed by atoms with van der Waals surface area (Å²) in [6, 6.07) is 1.67. The van der Waals surface area contributed by atoms with Crippen molar-refractivity contribution in [3.8, 4) is 5.75 Å². The number of ether oxygens (including phenoxy) is 3. The molecule has 0 radical (unpaired) electrons. The zero-order valence-corrected chi connectivity index (χ0v) is 25.5. The van der Waals surface area contributed by atoms with Crippen LogP contribution < -0.4 is 10.1 Å². The van der Waals surface area contributed by atoms with Crippen LogP contribution in [0.5, 0.6) is 5.75 Å². The van der Waals surface area contributed by atoms with E-state index < -0.39 is 46.4 Å². The molecule has 45 heavy (non-hydrogen) atoms. The van der Waals surface area contributed by atoms with E-state index in [2.05, 4.69) is 5.32 Å². The van der Waals surface area contributed by atoms with Gasteiger partial charge in [-0.15, -0.1) is 0 Å². The van der Waals surface area contributed by atoms with E-state index in [1.54, 1.807) is 13.0 Å². The van der Waals surface area contributed by atoms with E-state index in [-0.39, 0.29) is 36.8 Å². The lowest BCUT2D eigenvalue weighted by Crippen LogP contribution is -2.62. The maximum atomic E-state index is 13.9. The van der Waals surface area contributed by atoms with Crippen molar-refractivity contribution in [3.63, 3.8) is 0 Å². The monoisotopic (exact) mass is 648 g/mol. The summed E-state index contributed by atoms with van der Waals surface area (Å²) in [6.45, 7) is 8.24. The second-order valence-corrected chi connectivity index (χ2v) is 12.4. The van der Waals surface area contributed by atoms with Gasteiger partial charge in [0, 0.05) is 24.4 Å². The number of allylic oxidation sites excluding steroid dienone is 2. The molecule has 3 aliphatic rings. The second kappa shape index (κ2) is 12.4. The Kier molecular flexibility index (Phi) is 9.50. The largest absolute Gasteiger partial charge is 0.493 e. The van der Waals surface area contributed by atoms with E-state index in [9.17, 15) is 41.0 Å². The standard InChI is InChI=1S/C31H38F6N2O6/c1-5-8-19-17-21(29(42,30(32,33)34)31(35,36)37)10-11-22(19)43-14-7-6-13-39-25(40)28(27(2,3)4,38-26(39)41)20-9-12-23-24(18-20)45-16-15-44-23/h9-12,17,20,42H,5-8,13-16,18H2,1-4H3,(H,38,41). The highest BCUT2D eigenvalue weighted by Gasteiger charge is 2.71. The molecule has 1 aromatic rings. The van der Waals surface area contributed by atoms with Gasteiger partial charge in [-0.25, -0.2) is 4.79 Å². The van der Waals surface area contributed by atoms with Gasteiger partial charge in [-0.3, -0.25) is 9.69 Å². The molecule has 1 saturated heterocycles. The number of alkyl halides is 6. The fourth-order valence-corrected chi connectivity index (χ4v) is 6.10. The number of nitrogens with zero attached hydrogens (tertiary/aromatic N) is 1. The molecule has 2 aliphatic heterocycles. The SMILES string of the molecule is CCCc1cc(C(O)(C(F)(F)F)C(F)(F)F)ccc1OCCCCN1C(=O)NC(C2C=CC3=C(C2)OCCO3)(C(C)(C)C)C1=O. The van der Waals surface area contributed by atoms with Gasteiger partial charge >= 0.3 is 18.4 Å². The molecule has 4 rings (SSSR count). The molecule has 2 N–H and O–H groups in total. The minimum absolute atomic E-state index is 0.0204. The molecule has 14 heteroatoms. The summed E-state index contributed by atoms with van der Waals surface area (Å²) in [7, 11) is 0. The molecule has 2 heterocycles. The van der Waals surface area contributed by atoms with Crippen LogP contribution in [0.2, 0.25) is 0 Å². The number of aliphatic hydroxyl groups is 1. The van der Waals surface area contributed by atoms with E-state index >= 15 is 0 Å². The molecule has 3 amide bonds. The molecule has 1 fully saturated rings. The van der Waals surface area contributed by atoms with Gasteiger partial charge in [-0.2, -0.15) is 26.3 Å². The molecule has 0 saturated carbocycles. The predicted molar refractivity (Wildman–Crippen MR) is 150 cm³/mol. The molecule has 1 aromatic carbocycles. The molecule has 250 valence electrons. The maximum absolute atomic E-state index is 13.9. The van der Waals surface area contributed by atoms with Gasteiger partial charge in [-0.05, 0) is 48.4 Å².